The van der Waals surface area contributed by atoms with Gasteiger partial charge in [0, 0.05) is 6.54 Å². The van der Waals surface area contributed by atoms with Gasteiger partial charge in [-0.3, -0.25) is 4.90 Å². The van der Waals surface area contributed by atoms with Gasteiger partial charge in [0.05, 0.1) is 11.5 Å². The first-order valence-corrected chi connectivity index (χ1v) is 8.11. The number of aliphatic hydroxyl groups is 1. The van der Waals surface area contributed by atoms with Gasteiger partial charge in [-0.2, -0.15) is 0 Å². The topological polar surface area (TPSA) is 49.8 Å². The van der Waals surface area contributed by atoms with Crippen molar-refractivity contribution in [3.8, 4) is 0 Å². The molecule has 0 amide bonds. The maximum atomic E-state index is 12.1. The number of nitrogens with zero attached hydrogens (tertiary/aromatic N) is 1. The summed E-state index contributed by atoms with van der Waals surface area (Å²) >= 11 is 0. The van der Waals surface area contributed by atoms with Gasteiger partial charge in [0.25, 0.3) is 0 Å². The van der Waals surface area contributed by atoms with Crippen molar-refractivity contribution in [3.05, 3.63) is 47.2 Å². The number of likely N-dealkylation sites (tertiary alicyclic amines) is 1. The zero-order chi connectivity index (χ0) is 15.5. The minimum absolute atomic E-state index is 0.189. The summed E-state index contributed by atoms with van der Waals surface area (Å²) in [5.74, 6) is -0.431. The quantitative estimate of drug-likeness (QED) is 0.869. The van der Waals surface area contributed by atoms with Crippen LogP contribution in [0.15, 0.2) is 41.7 Å². The Hall–Kier alpha value is -1.81. The van der Waals surface area contributed by atoms with Crippen LogP contribution in [0.5, 0.6) is 0 Å². The Morgan fingerprint density at radius 2 is 1.91 bits per heavy atom. The molecule has 1 aromatic rings. The fourth-order valence-corrected chi connectivity index (χ4v) is 3.47. The molecule has 2 heterocycles. The lowest BCUT2D eigenvalue weighted by molar-refractivity contribution is -0.149. The highest BCUT2D eigenvalue weighted by atomic mass is 16.5. The van der Waals surface area contributed by atoms with Gasteiger partial charge in [0.2, 0.25) is 0 Å². The molecule has 0 bridgehead atoms. The molecule has 2 unspecified atom stereocenters. The molecule has 4 heteroatoms. The third-order valence-electron chi connectivity index (χ3n) is 4.63. The van der Waals surface area contributed by atoms with E-state index in [0.717, 1.165) is 18.7 Å². The van der Waals surface area contributed by atoms with Crippen LogP contribution in [-0.4, -0.2) is 41.7 Å². The normalized spacial score (nSPS) is 26.3. The average Bonchev–Trinajstić information content (AvgIpc) is 3.01. The van der Waals surface area contributed by atoms with Crippen LogP contribution in [0.1, 0.15) is 37.7 Å². The summed E-state index contributed by atoms with van der Waals surface area (Å²) in [4.78, 5) is 14.5. The molecule has 0 aromatic heterocycles. The first kappa shape index (κ1) is 15.1. The number of carbonyl (C=O) groups excluding carboxylic acids is 1. The minimum Gasteiger partial charge on any atom is -0.511 e. The zero-order valence-corrected chi connectivity index (χ0v) is 13.0. The van der Waals surface area contributed by atoms with Crippen LogP contribution in [0.25, 0.3) is 0 Å². The number of esters is 1. The van der Waals surface area contributed by atoms with Crippen molar-refractivity contribution >= 4 is 5.97 Å². The zero-order valence-electron chi connectivity index (χ0n) is 13.0. The molecule has 4 nitrogen and oxygen atoms in total. The molecule has 2 aliphatic rings. The Labute approximate surface area is 131 Å². The van der Waals surface area contributed by atoms with Crippen molar-refractivity contribution in [1.82, 2.24) is 4.90 Å². The summed E-state index contributed by atoms with van der Waals surface area (Å²) in [7, 11) is 0. The number of hydrogen-bond donors (Lipinski definition) is 1. The maximum Gasteiger partial charge on any atom is 0.337 e. The van der Waals surface area contributed by atoms with Gasteiger partial charge in [-0.25, -0.2) is 4.79 Å². The molecule has 0 aliphatic carbocycles. The van der Waals surface area contributed by atoms with Crippen molar-refractivity contribution in [1.29, 1.82) is 0 Å². The Kier molecular flexibility index (Phi) is 4.48. The predicted molar refractivity (Wildman–Crippen MR) is 84.7 cm³/mol. The van der Waals surface area contributed by atoms with E-state index in [9.17, 15) is 9.90 Å². The SMILES string of the molecule is CCC1=C(O)C(c2ccccc2)C(CN2CCCC2)OC1=O. The summed E-state index contributed by atoms with van der Waals surface area (Å²) in [5.41, 5.74) is 1.41. The van der Waals surface area contributed by atoms with Crippen molar-refractivity contribution in [2.24, 2.45) is 0 Å². The van der Waals surface area contributed by atoms with Crippen LogP contribution in [0.3, 0.4) is 0 Å². The van der Waals surface area contributed by atoms with Crippen LogP contribution in [0.2, 0.25) is 0 Å². The molecule has 2 atom stereocenters. The Morgan fingerprint density at radius 3 is 2.55 bits per heavy atom. The summed E-state index contributed by atoms with van der Waals surface area (Å²) < 4.78 is 5.69. The van der Waals surface area contributed by atoms with Gasteiger partial charge in [-0.1, -0.05) is 37.3 Å². The predicted octanol–water partition coefficient (Wildman–Crippen LogP) is 3.01. The molecule has 0 radical (unpaired) electrons. The van der Waals surface area contributed by atoms with E-state index in [2.05, 4.69) is 4.90 Å². The molecule has 0 spiro atoms. The molecular weight excluding hydrogens is 278 g/mol. The molecule has 1 saturated heterocycles. The molecular formula is C18H23NO3. The van der Waals surface area contributed by atoms with Crippen molar-refractivity contribution in [2.75, 3.05) is 19.6 Å². The van der Waals surface area contributed by atoms with Crippen LogP contribution in [0.4, 0.5) is 0 Å². The second-order valence-electron chi connectivity index (χ2n) is 6.06. The molecule has 2 aliphatic heterocycles. The second-order valence-corrected chi connectivity index (χ2v) is 6.06. The summed E-state index contributed by atoms with van der Waals surface area (Å²) in [6.45, 7) is 4.64. The van der Waals surface area contributed by atoms with Gasteiger partial charge >= 0.3 is 5.97 Å². The molecule has 1 N–H and O–H groups in total. The third kappa shape index (κ3) is 2.88. The van der Waals surface area contributed by atoms with Crippen molar-refractivity contribution < 1.29 is 14.6 Å². The lowest BCUT2D eigenvalue weighted by Gasteiger charge is -2.34. The monoisotopic (exact) mass is 301 g/mol. The molecule has 1 aromatic carbocycles. The first-order valence-electron chi connectivity index (χ1n) is 8.11. The van der Waals surface area contributed by atoms with E-state index < -0.39 is 0 Å². The number of ether oxygens (including phenoxy) is 1. The van der Waals surface area contributed by atoms with Crippen LogP contribution < -0.4 is 0 Å². The minimum atomic E-state index is -0.364. The van der Waals surface area contributed by atoms with E-state index in [-0.39, 0.29) is 23.8 Å². The van der Waals surface area contributed by atoms with E-state index in [1.807, 2.05) is 37.3 Å². The fourth-order valence-electron chi connectivity index (χ4n) is 3.47. The van der Waals surface area contributed by atoms with Crippen molar-refractivity contribution in [3.63, 3.8) is 0 Å². The molecule has 0 saturated carbocycles. The first-order chi connectivity index (χ1) is 10.7. The number of benzene rings is 1. The van der Waals surface area contributed by atoms with Crippen LogP contribution in [-0.2, 0) is 9.53 Å². The lowest BCUT2D eigenvalue weighted by atomic mass is 9.86. The lowest BCUT2D eigenvalue weighted by Crippen LogP contribution is -2.41. The number of hydrogen-bond acceptors (Lipinski definition) is 4. The van der Waals surface area contributed by atoms with Gasteiger partial charge in [0.15, 0.2) is 0 Å². The van der Waals surface area contributed by atoms with Crippen LogP contribution in [0, 0.1) is 0 Å². The van der Waals surface area contributed by atoms with Gasteiger partial charge in [0.1, 0.15) is 11.9 Å². The molecule has 118 valence electrons. The molecule has 3 rings (SSSR count). The summed E-state index contributed by atoms with van der Waals surface area (Å²) in [6, 6.07) is 9.85. The van der Waals surface area contributed by atoms with E-state index >= 15 is 0 Å². The van der Waals surface area contributed by atoms with E-state index in [4.69, 9.17) is 4.74 Å². The van der Waals surface area contributed by atoms with E-state index in [1.54, 1.807) is 0 Å². The number of carbonyl (C=O) groups is 1. The Balaban J connectivity index is 1.93. The van der Waals surface area contributed by atoms with E-state index in [0.29, 0.717) is 18.5 Å². The standard InChI is InChI=1S/C18H23NO3/c1-2-14-17(20)16(13-8-4-3-5-9-13)15(22-18(14)21)12-19-10-6-7-11-19/h3-5,8-9,15-16,20H,2,6-7,10-12H2,1H3. The van der Waals surface area contributed by atoms with Gasteiger partial charge in [-0.15, -0.1) is 0 Å². The smallest absolute Gasteiger partial charge is 0.337 e. The van der Waals surface area contributed by atoms with Gasteiger partial charge in [-0.05, 0) is 37.9 Å². The number of cyclic esters (lactones) is 1. The van der Waals surface area contributed by atoms with Crippen LogP contribution >= 0.6 is 0 Å². The molecule has 22 heavy (non-hydrogen) atoms. The Morgan fingerprint density at radius 1 is 1.23 bits per heavy atom. The average molecular weight is 301 g/mol. The highest BCUT2D eigenvalue weighted by Gasteiger charge is 2.39. The maximum absolute atomic E-state index is 12.1. The third-order valence-corrected chi connectivity index (χ3v) is 4.63. The summed E-state index contributed by atoms with van der Waals surface area (Å²) in [5, 5.41) is 10.7. The van der Waals surface area contributed by atoms with Gasteiger partial charge < -0.3 is 9.84 Å². The second kappa shape index (κ2) is 6.53. The molecule has 1 fully saturated rings. The Bertz CT molecular complexity index is 561. The van der Waals surface area contributed by atoms with Crippen molar-refractivity contribution in [2.45, 2.75) is 38.2 Å². The number of aliphatic hydroxyl groups excluding tert-OH is 1. The summed E-state index contributed by atoms with van der Waals surface area (Å²) in [6.07, 6.45) is 2.56. The highest BCUT2D eigenvalue weighted by molar-refractivity contribution is 5.90. The fraction of sp³-hybridized carbons (Fsp3) is 0.500. The highest BCUT2D eigenvalue weighted by Crippen LogP contribution is 2.36. The number of rotatable bonds is 4. The van der Waals surface area contributed by atoms with E-state index in [1.165, 1.54) is 12.8 Å². The largest absolute Gasteiger partial charge is 0.511 e.